The Morgan fingerprint density at radius 1 is 1.48 bits per heavy atom. The molecule has 0 spiro atoms. The van der Waals surface area contributed by atoms with Crippen LogP contribution in [0.3, 0.4) is 0 Å². The second-order valence-corrected chi connectivity index (χ2v) is 5.71. The summed E-state index contributed by atoms with van der Waals surface area (Å²) in [5.41, 5.74) is 7.02. The van der Waals surface area contributed by atoms with Gasteiger partial charge < -0.3 is 20.3 Å². The molecule has 21 heavy (non-hydrogen) atoms. The number of benzene rings is 1. The lowest BCUT2D eigenvalue weighted by Gasteiger charge is -2.28. The Kier molecular flexibility index (Phi) is 5.07. The highest BCUT2D eigenvalue weighted by Crippen LogP contribution is 2.29. The van der Waals surface area contributed by atoms with Crippen LogP contribution < -0.4 is 10.5 Å². The van der Waals surface area contributed by atoms with Crippen molar-refractivity contribution in [3.8, 4) is 5.75 Å². The number of anilines is 1. The number of hydrogen-bond donors (Lipinski definition) is 1. The van der Waals surface area contributed by atoms with E-state index in [-0.39, 0.29) is 11.9 Å². The number of hydrogen-bond acceptors (Lipinski definition) is 4. The van der Waals surface area contributed by atoms with Crippen molar-refractivity contribution in [2.75, 3.05) is 39.5 Å². The Labute approximate surface area is 126 Å². The molecule has 5 nitrogen and oxygen atoms in total. The van der Waals surface area contributed by atoms with Gasteiger partial charge in [0.25, 0.3) is 5.91 Å². The third-order valence-corrected chi connectivity index (χ3v) is 3.79. The van der Waals surface area contributed by atoms with Crippen molar-refractivity contribution >= 4 is 11.6 Å². The Bertz CT molecular complexity index is 502. The van der Waals surface area contributed by atoms with Crippen molar-refractivity contribution in [1.29, 1.82) is 0 Å². The molecule has 1 heterocycles. The summed E-state index contributed by atoms with van der Waals surface area (Å²) in [6.45, 7) is 4.09. The van der Waals surface area contributed by atoms with E-state index in [0.717, 1.165) is 25.9 Å². The number of nitrogens with two attached hydrogens (primary N) is 1. The third-order valence-electron chi connectivity index (χ3n) is 3.79. The summed E-state index contributed by atoms with van der Waals surface area (Å²) < 4.78 is 5.58. The van der Waals surface area contributed by atoms with E-state index < -0.39 is 0 Å². The van der Waals surface area contributed by atoms with Crippen LogP contribution in [0.2, 0.25) is 0 Å². The van der Waals surface area contributed by atoms with Crippen LogP contribution in [0.1, 0.15) is 30.1 Å². The molecule has 2 rings (SSSR count). The smallest absolute Gasteiger partial charge is 0.260 e. The molecule has 0 bridgehead atoms. The van der Waals surface area contributed by atoms with Crippen molar-refractivity contribution in [1.82, 2.24) is 9.80 Å². The number of carbonyl (C=O) groups is 1. The van der Waals surface area contributed by atoms with Gasteiger partial charge in [0.1, 0.15) is 11.3 Å². The monoisotopic (exact) mass is 291 g/mol. The van der Waals surface area contributed by atoms with Crippen LogP contribution >= 0.6 is 0 Å². The molecule has 116 valence electrons. The Morgan fingerprint density at radius 2 is 2.24 bits per heavy atom. The van der Waals surface area contributed by atoms with Gasteiger partial charge in [0.15, 0.2) is 0 Å². The SMILES string of the molecule is CCOc1cccc(N)c1C(=O)N1CCCC1CN(C)C. The fraction of sp³-hybridized carbons (Fsp3) is 0.562. The predicted octanol–water partition coefficient (Wildman–Crippen LogP) is 1.83. The summed E-state index contributed by atoms with van der Waals surface area (Å²) in [7, 11) is 4.06. The number of likely N-dealkylation sites (N-methyl/N-ethyl adjacent to an activating group) is 1. The highest BCUT2D eigenvalue weighted by Gasteiger charge is 2.32. The maximum atomic E-state index is 12.9. The van der Waals surface area contributed by atoms with E-state index >= 15 is 0 Å². The summed E-state index contributed by atoms with van der Waals surface area (Å²) in [6, 6.07) is 5.64. The summed E-state index contributed by atoms with van der Waals surface area (Å²) in [6.07, 6.45) is 2.08. The van der Waals surface area contributed by atoms with Crippen molar-refractivity contribution in [3.05, 3.63) is 23.8 Å². The molecule has 1 aliphatic heterocycles. The van der Waals surface area contributed by atoms with E-state index in [1.807, 2.05) is 38.1 Å². The second-order valence-electron chi connectivity index (χ2n) is 5.71. The molecule has 2 N–H and O–H groups in total. The van der Waals surface area contributed by atoms with E-state index in [1.54, 1.807) is 6.07 Å². The zero-order valence-corrected chi connectivity index (χ0v) is 13.1. The fourth-order valence-electron chi connectivity index (χ4n) is 2.91. The van der Waals surface area contributed by atoms with E-state index in [2.05, 4.69) is 4.90 Å². The topological polar surface area (TPSA) is 58.8 Å². The van der Waals surface area contributed by atoms with Crippen LogP contribution in [0.15, 0.2) is 18.2 Å². The lowest BCUT2D eigenvalue weighted by Crippen LogP contribution is -2.41. The predicted molar refractivity (Wildman–Crippen MR) is 84.6 cm³/mol. The normalized spacial score (nSPS) is 18.3. The first-order valence-electron chi connectivity index (χ1n) is 7.51. The number of rotatable bonds is 5. The van der Waals surface area contributed by atoms with Crippen LogP contribution in [0.5, 0.6) is 5.75 Å². The molecular weight excluding hydrogens is 266 g/mol. The highest BCUT2D eigenvalue weighted by atomic mass is 16.5. The molecule has 1 fully saturated rings. The quantitative estimate of drug-likeness (QED) is 0.841. The molecule has 1 aromatic rings. The number of likely N-dealkylation sites (tertiary alicyclic amines) is 1. The Hall–Kier alpha value is -1.75. The summed E-state index contributed by atoms with van der Waals surface area (Å²) in [4.78, 5) is 17.0. The van der Waals surface area contributed by atoms with Gasteiger partial charge in [-0.3, -0.25) is 4.79 Å². The van der Waals surface area contributed by atoms with Gasteiger partial charge in [0.05, 0.1) is 6.61 Å². The van der Waals surface area contributed by atoms with Crippen LogP contribution in [0, 0.1) is 0 Å². The average molecular weight is 291 g/mol. The van der Waals surface area contributed by atoms with Gasteiger partial charge in [-0.2, -0.15) is 0 Å². The van der Waals surface area contributed by atoms with Gasteiger partial charge in [0.2, 0.25) is 0 Å². The number of nitrogen functional groups attached to an aromatic ring is 1. The Morgan fingerprint density at radius 3 is 2.90 bits per heavy atom. The van der Waals surface area contributed by atoms with Gasteiger partial charge in [-0.1, -0.05) is 6.07 Å². The van der Waals surface area contributed by atoms with Crippen LogP contribution in [0.25, 0.3) is 0 Å². The largest absolute Gasteiger partial charge is 0.493 e. The van der Waals surface area contributed by atoms with Gasteiger partial charge in [-0.25, -0.2) is 0 Å². The first kappa shape index (κ1) is 15.6. The van der Waals surface area contributed by atoms with Crippen molar-refractivity contribution in [2.24, 2.45) is 0 Å². The zero-order valence-electron chi connectivity index (χ0n) is 13.1. The standard InChI is InChI=1S/C16H25N3O2/c1-4-21-14-9-5-8-13(17)15(14)16(20)19-10-6-7-12(19)11-18(2)3/h5,8-9,12H,4,6-7,10-11,17H2,1-3H3. The van der Waals surface area contributed by atoms with E-state index in [1.165, 1.54) is 0 Å². The van der Waals surface area contributed by atoms with Crippen LogP contribution in [-0.2, 0) is 0 Å². The average Bonchev–Trinajstić information content (AvgIpc) is 2.86. The number of amides is 1. The molecular formula is C16H25N3O2. The maximum absolute atomic E-state index is 12.9. The van der Waals surface area contributed by atoms with Gasteiger partial charge >= 0.3 is 0 Å². The maximum Gasteiger partial charge on any atom is 0.260 e. The fourth-order valence-corrected chi connectivity index (χ4v) is 2.91. The first-order chi connectivity index (χ1) is 10.0. The van der Waals surface area contributed by atoms with Gasteiger partial charge in [-0.15, -0.1) is 0 Å². The molecule has 5 heteroatoms. The van der Waals surface area contributed by atoms with Crippen molar-refractivity contribution in [2.45, 2.75) is 25.8 Å². The Balaban J connectivity index is 2.27. The molecule has 1 amide bonds. The third kappa shape index (κ3) is 3.47. The summed E-state index contributed by atoms with van der Waals surface area (Å²) in [5, 5.41) is 0. The molecule has 1 aromatic carbocycles. The van der Waals surface area contributed by atoms with Gasteiger partial charge in [0, 0.05) is 24.8 Å². The zero-order chi connectivity index (χ0) is 15.4. The molecule has 1 saturated heterocycles. The van der Waals surface area contributed by atoms with E-state index in [0.29, 0.717) is 23.6 Å². The van der Waals surface area contributed by atoms with Gasteiger partial charge in [-0.05, 0) is 46.0 Å². The second kappa shape index (κ2) is 6.80. The molecule has 0 aromatic heterocycles. The molecule has 1 atom stereocenters. The molecule has 1 aliphatic rings. The molecule has 1 unspecified atom stereocenters. The minimum absolute atomic E-state index is 0.0131. The van der Waals surface area contributed by atoms with Crippen molar-refractivity contribution in [3.63, 3.8) is 0 Å². The molecule has 0 radical (unpaired) electrons. The number of ether oxygens (including phenoxy) is 1. The number of nitrogens with zero attached hydrogens (tertiary/aromatic N) is 2. The van der Waals surface area contributed by atoms with E-state index in [9.17, 15) is 4.79 Å². The summed E-state index contributed by atoms with van der Waals surface area (Å²) >= 11 is 0. The lowest BCUT2D eigenvalue weighted by molar-refractivity contribution is 0.0713. The van der Waals surface area contributed by atoms with Crippen molar-refractivity contribution < 1.29 is 9.53 Å². The van der Waals surface area contributed by atoms with Crippen LogP contribution in [0.4, 0.5) is 5.69 Å². The number of carbonyl (C=O) groups excluding carboxylic acids is 1. The lowest BCUT2D eigenvalue weighted by atomic mass is 10.1. The first-order valence-corrected chi connectivity index (χ1v) is 7.51. The summed E-state index contributed by atoms with van der Waals surface area (Å²) in [5.74, 6) is 0.568. The van der Waals surface area contributed by atoms with E-state index in [4.69, 9.17) is 10.5 Å². The molecule has 0 aliphatic carbocycles. The van der Waals surface area contributed by atoms with Crippen LogP contribution in [-0.4, -0.2) is 55.5 Å². The highest BCUT2D eigenvalue weighted by molar-refractivity contribution is 6.02. The minimum atomic E-state index is -0.0131. The minimum Gasteiger partial charge on any atom is -0.493 e. The molecule has 0 saturated carbocycles.